The maximum Gasteiger partial charge on any atom is 0.331 e. The maximum absolute atomic E-state index is 10.4. The lowest BCUT2D eigenvalue weighted by Crippen LogP contribution is -2.04. The first-order valence-corrected chi connectivity index (χ1v) is 5.71. The predicted molar refractivity (Wildman–Crippen MR) is 70.8 cm³/mol. The highest BCUT2D eigenvalue weighted by Gasteiger charge is 2.02. The molecule has 0 radical (unpaired) electrons. The van der Waals surface area contributed by atoms with E-state index in [4.69, 9.17) is 9.84 Å². The van der Waals surface area contributed by atoms with E-state index in [1.807, 2.05) is 30.3 Å². The number of aliphatic imine (C=N–C) groups is 1. The van der Waals surface area contributed by atoms with Gasteiger partial charge in [0.25, 0.3) is 0 Å². The molecule has 0 bridgehead atoms. The Labute approximate surface area is 107 Å². The second-order valence-corrected chi connectivity index (χ2v) is 3.74. The third-order valence-corrected chi connectivity index (χ3v) is 2.29. The van der Waals surface area contributed by atoms with Crippen molar-refractivity contribution in [3.63, 3.8) is 0 Å². The van der Waals surface area contributed by atoms with Gasteiger partial charge in [-0.15, -0.1) is 0 Å². The second kappa shape index (κ2) is 8.20. The van der Waals surface area contributed by atoms with Crippen molar-refractivity contribution in [1.29, 1.82) is 0 Å². The van der Waals surface area contributed by atoms with Gasteiger partial charge in [0.1, 0.15) is 0 Å². The van der Waals surface area contributed by atoms with Gasteiger partial charge in [0.15, 0.2) is 0 Å². The number of rotatable bonds is 8. The minimum atomic E-state index is -0.976. The summed E-state index contributed by atoms with van der Waals surface area (Å²) in [6, 6.07) is 9.92. The molecule has 0 aliphatic rings. The minimum absolute atomic E-state index is 0.163. The summed E-state index contributed by atoms with van der Waals surface area (Å²) in [6.07, 6.45) is 2.03. The highest BCUT2D eigenvalue weighted by molar-refractivity contribution is 5.85. The quantitative estimate of drug-likeness (QED) is 0.435. The van der Waals surface area contributed by atoms with Gasteiger partial charge in [0, 0.05) is 18.2 Å². The molecule has 0 heterocycles. The van der Waals surface area contributed by atoms with E-state index in [0.717, 1.165) is 5.56 Å². The Morgan fingerprint density at radius 2 is 2.11 bits per heavy atom. The lowest BCUT2D eigenvalue weighted by atomic mass is 10.2. The van der Waals surface area contributed by atoms with Crippen molar-refractivity contribution < 1.29 is 14.6 Å². The van der Waals surface area contributed by atoms with Crippen LogP contribution in [0.4, 0.5) is 0 Å². The molecule has 0 unspecified atom stereocenters. The molecule has 0 aliphatic carbocycles. The zero-order valence-electron chi connectivity index (χ0n) is 10.2. The smallest absolute Gasteiger partial charge is 0.331 e. The summed E-state index contributed by atoms with van der Waals surface area (Å²) < 4.78 is 5.22. The van der Waals surface area contributed by atoms with Crippen LogP contribution in [0.25, 0.3) is 0 Å². The number of carboxylic acid groups (broad SMARTS) is 1. The zero-order chi connectivity index (χ0) is 13.2. The maximum atomic E-state index is 10.4. The van der Waals surface area contributed by atoms with Gasteiger partial charge in [-0.2, -0.15) is 0 Å². The molecule has 1 rings (SSSR count). The average Bonchev–Trinajstić information content (AvgIpc) is 2.38. The van der Waals surface area contributed by atoms with Crippen LogP contribution < -0.4 is 0 Å². The molecule has 4 heteroatoms. The van der Waals surface area contributed by atoms with Crippen LogP contribution >= 0.6 is 0 Å². The summed E-state index contributed by atoms with van der Waals surface area (Å²) in [4.78, 5) is 14.6. The molecule has 0 spiro atoms. The van der Waals surface area contributed by atoms with Crippen LogP contribution in [0.2, 0.25) is 0 Å². The first kappa shape index (κ1) is 14.1. The molecule has 0 amide bonds. The van der Waals surface area contributed by atoms with E-state index in [2.05, 4.69) is 11.6 Å². The van der Waals surface area contributed by atoms with E-state index in [1.165, 1.54) is 0 Å². The Morgan fingerprint density at radius 3 is 2.78 bits per heavy atom. The zero-order valence-corrected chi connectivity index (χ0v) is 10.2. The van der Waals surface area contributed by atoms with Gasteiger partial charge in [0.05, 0.1) is 19.8 Å². The molecule has 96 valence electrons. The molecule has 0 saturated heterocycles. The third kappa shape index (κ3) is 5.96. The van der Waals surface area contributed by atoms with E-state index in [-0.39, 0.29) is 5.57 Å². The number of carboxylic acids is 1. The van der Waals surface area contributed by atoms with Gasteiger partial charge >= 0.3 is 5.97 Å². The molecule has 1 aromatic rings. The number of carbonyl (C=O) groups is 1. The topological polar surface area (TPSA) is 58.9 Å². The summed E-state index contributed by atoms with van der Waals surface area (Å²) in [6.45, 7) is 4.78. The third-order valence-electron chi connectivity index (χ3n) is 2.29. The van der Waals surface area contributed by atoms with Gasteiger partial charge in [-0.3, -0.25) is 4.99 Å². The van der Waals surface area contributed by atoms with Gasteiger partial charge < -0.3 is 9.84 Å². The SMILES string of the molecule is C=C(CCOCC=NCc1ccccc1)C(=O)O. The van der Waals surface area contributed by atoms with Crippen LogP contribution in [0, 0.1) is 0 Å². The summed E-state index contributed by atoms with van der Waals surface area (Å²) in [7, 11) is 0. The number of hydrogen-bond donors (Lipinski definition) is 1. The standard InChI is InChI=1S/C14H17NO3/c1-12(14(16)17)7-9-18-10-8-15-11-13-5-3-2-4-6-13/h2-6,8H,1,7,9-11H2,(H,16,17). The minimum Gasteiger partial charge on any atom is -0.478 e. The number of ether oxygens (including phenoxy) is 1. The van der Waals surface area contributed by atoms with Crippen LogP contribution in [0.15, 0.2) is 47.5 Å². The molecule has 0 saturated carbocycles. The molecule has 18 heavy (non-hydrogen) atoms. The number of aliphatic carboxylic acids is 1. The molecular formula is C14H17NO3. The first-order valence-electron chi connectivity index (χ1n) is 5.71. The first-order chi connectivity index (χ1) is 8.70. The van der Waals surface area contributed by atoms with E-state index in [1.54, 1.807) is 6.21 Å². The van der Waals surface area contributed by atoms with E-state index in [0.29, 0.717) is 26.2 Å². The fourth-order valence-electron chi connectivity index (χ4n) is 1.24. The van der Waals surface area contributed by atoms with Gasteiger partial charge in [-0.25, -0.2) is 4.79 Å². The average molecular weight is 247 g/mol. The highest BCUT2D eigenvalue weighted by atomic mass is 16.5. The highest BCUT2D eigenvalue weighted by Crippen LogP contribution is 1.99. The molecule has 0 atom stereocenters. The van der Waals surface area contributed by atoms with Crippen LogP contribution in [0.5, 0.6) is 0 Å². The van der Waals surface area contributed by atoms with E-state index < -0.39 is 5.97 Å². The van der Waals surface area contributed by atoms with Crippen LogP contribution in [0.1, 0.15) is 12.0 Å². The van der Waals surface area contributed by atoms with Crippen LogP contribution in [-0.2, 0) is 16.1 Å². The molecule has 1 aromatic carbocycles. The van der Waals surface area contributed by atoms with Crippen molar-refractivity contribution in [2.75, 3.05) is 13.2 Å². The number of hydrogen-bond acceptors (Lipinski definition) is 3. The Kier molecular flexibility index (Phi) is 6.43. The van der Waals surface area contributed by atoms with Crippen molar-refractivity contribution in [3.05, 3.63) is 48.0 Å². The van der Waals surface area contributed by atoms with Gasteiger partial charge in [0.2, 0.25) is 0 Å². The van der Waals surface area contributed by atoms with Crippen molar-refractivity contribution >= 4 is 12.2 Å². The van der Waals surface area contributed by atoms with E-state index >= 15 is 0 Å². The molecule has 4 nitrogen and oxygen atoms in total. The lowest BCUT2D eigenvalue weighted by Gasteiger charge is -2.00. The summed E-state index contributed by atoms with van der Waals surface area (Å²) in [5.74, 6) is -0.976. The fourth-order valence-corrected chi connectivity index (χ4v) is 1.24. The van der Waals surface area contributed by atoms with Crippen LogP contribution in [-0.4, -0.2) is 30.5 Å². The Bertz CT molecular complexity index is 412. The van der Waals surface area contributed by atoms with Crippen molar-refractivity contribution in [1.82, 2.24) is 0 Å². The molecular weight excluding hydrogens is 230 g/mol. The normalized spacial score (nSPS) is 10.7. The summed E-state index contributed by atoms with van der Waals surface area (Å²) >= 11 is 0. The van der Waals surface area contributed by atoms with E-state index in [9.17, 15) is 4.79 Å². The van der Waals surface area contributed by atoms with Crippen molar-refractivity contribution in [2.24, 2.45) is 4.99 Å². The summed E-state index contributed by atoms with van der Waals surface area (Å²) in [5.41, 5.74) is 1.31. The number of nitrogens with zero attached hydrogens (tertiary/aromatic N) is 1. The van der Waals surface area contributed by atoms with Crippen LogP contribution in [0.3, 0.4) is 0 Å². The second-order valence-electron chi connectivity index (χ2n) is 3.74. The number of benzene rings is 1. The van der Waals surface area contributed by atoms with Gasteiger partial charge in [-0.1, -0.05) is 36.9 Å². The molecule has 0 aliphatic heterocycles. The molecule has 0 fully saturated rings. The van der Waals surface area contributed by atoms with Crippen molar-refractivity contribution in [2.45, 2.75) is 13.0 Å². The predicted octanol–water partition coefficient (Wildman–Crippen LogP) is 2.30. The van der Waals surface area contributed by atoms with Crippen molar-refractivity contribution in [3.8, 4) is 0 Å². The monoisotopic (exact) mass is 247 g/mol. The summed E-state index contributed by atoms with van der Waals surface area (Å²) in [5, 5.41) is 8.57. The molecule has 1 N–H and O–H groups in total. The Hall–Kier alpha value is -1.94. The largest absolute Gasteiger partial charge is 0.478 e. The lowest BCUT2D eigenvalue weighted by molar-refractivity contribution is -0.132. The Morgan fingerprint density at radius 1 is 1.39 bits per heavy atom. The van der Waals surface area contributed by atoms with Gasteiger partial charge in [-0.05, 0) is 5.56 Å². The Balaban J connectivity index is 2.08. The molecule has 0 aromatic heterocycles. The fraction of sp³-hybridized carbons (Fsp3) is 0.286.